The molecule has 1 atom stereocenters. The van der Waals surface area contributed by atoms with Crippen LogP contribution in [-0.2, 0) is 29.1 Å². The number of benzene rings is 1. The molecule has 0 saturated carbocycles. The number of carboxylic acids is 1. The molecule has 7 heteroatoms. The van der Waals surface area contributed by atoms with Crippen LogP contribution < -0.4 is 5.32 Å². The highest BCUT2D eigenvalue weighted by molar-refractivity contribution is 5.76. The zero-order valence-electron chi connectivity index (χ0n) is 15.6. The second-order valence-corrected chi connectivity index (χ2v) is 6.97. The van der Waals surface area contributed by atoms with E-state index in [0.717, 1.165) is 36.6 Å². The van der Waals surface area contributed by atoms with Gasteiger partial charge < -0.3 is 10.4 Å². The summed E-state index contributed by atoms with van der Waals surface area (Å²) < 4.78 is 1.95. The molecule has 0 aliphatic carbocycles. The van der Waals surface area contributed by atoms with Crippen molar-refractivity contribution in [3.63, 3.8) is 0 Å². The molecule has 2 heterocycles. The van der Waals surface area contributed by atoms with Crippen molar-refractivity contribution in [1.29, 1.82) is 0 Å². The number of nitrogens with zero attached hydrogens (tertiary/aromatic N) is 3. The van der Waals surface area contributed by atoms with Crippen molar-refractivity contribution in [3.8, 4) is 0 Å². The van der Waals surface area contributed by atoms with Crippen LogP contribution in [0.25, 0.3) is 0 Å². The van der Waals surface area contributed by atoms with Gasteiger partial charge in [0.1, 0.15) is 0 Å². The van der Waals surface area contributed by atoms with Gasteiger partial charge in [0.15, 0.2) is 0 Å². The molecule has 1 amide bonds. The number of fused-ring (bicyclic) bond motifs is 1. The molecule has 2 aromatic rings. The Morgan fingerprint density at radius 1 is 1.22 bits per heavy atom. The molecule has 3 rings (SSSR count). The smallest absolute Gasteiger partial charge is 0.303 e. The molecule has 1 aromatic heterocycles. The van der Waals surface area contributed by atoms with Crippen LogP contribution in [0.1, 0.15) is 42.8 Å². The highest BCUT2D eigenvalue weighted by Crippen LogP contribution is 2.15. The minimum Gasteiger partial charge on any atom is -0.481 e. The lowest BCUT2D eigenvalue weighted by atomic mass is 10.1. The Kier molecular flexibility index (Phi) is 6.24. The summed E-state index contributed by atoms with van der Waals surface area (Å²) in [4.78, 5) is 25.2. The fourth-order valence-electron chi connectivity index (χ4n) is 3.33. The van der Waals surface area contributed by atoms with E-state index in [0.29, 0.717) is 19.4 Å². The van der Waals surface area contributed by atoms with E-state index in [2.05, 4.69) is 15.3 Å². The number of carbonyl (C=O) groups is 2. The predicted octanol–water partition coefficient (Wildman–Crippen LogP) is 1.98. The molecule has 0 fully saturated rings. The Hall–Kier alpha value is -2.67. The molecule has 1 aliphatic rings. The standard InChI is InChI=1S/C20H26N4O3/c1-15(16-5-3-2-4-6-16)21-19(25)9-10-23-11-12-24-18(14-23)13-17(22-24)7-8-20(26)27/h2-6,13,15H,7-12,14H2,1H3,(H,21,25)(H,26,27)/t15-/m0/s1. The molecule has 144 valence electrons. The number of carboxylic acid groups (broad SMARTS) is 1. The van der Waals surface area contributed by atoms with E-state index in [1.165, 1.54) is 0 Å². The van der Waals surface area contributed by atoms with Crippen molar-refractivity contribution in [2.45, 2.75) is 45.3 Å². The Balaban J connectivity index is 1.45. The van der Waals surface area contributed by atoms with E-state index >= 15 is 0 Å². The van der Waals surface area contributed by atoms with Crippen molar-refractivity contribution < 1.29 is 14.7 Å². The van der Waals surface area contributed by atoms with Gasteiger partial charge in [0.05, 0.1) is 30.4 Å². The molecule has 0 spiro atoms. The molecule has 2 N–H and O–H groups in total. The first kappa shape index (κ1) is 19.1. The largest absolute Gasteiger partial charge is 0.481 e. The summed E-state index contributed by atoms with van der Waals surface area (Å²) in [6.45, 7) is 5.04. The maximum absolute atomic E-state index is 12.3. The van der Waals surface area contributed by atoms with Crippen LogP contribution >= 0.6 is 0 Å². The molecule has 0 unspecified atom stereocenters. The summed E-state index contributed by atoms with van der Waals surface area (Å²) >= 11 is 0. The highest BCUT2D eigenvalue weighted by atomic mass is 16.4. The van der Waals surface area contributed by atoms with Gasteiger partial charge in [-0.05, 0) is 18.6 Å². The van der Waals surface area contributed by atoms with Crippen molar-refractivity contribution >= 4 is 11.9 Å². The van der Waals surface area contributed by atoms with Crippen LogP contribution in [0.5, 0.6) is 0 Å². The van der Waals surface area contributed by atoms with Crippen LogP contribution in [-0.4, -0.2) is 44.8 Å². The number of nitrogens with one attached hydrogen (secondary N) is 1. The fourth-order valence-corrected chi connectivity index (χ4v) is 3.33. The zero-order valence-corrected chi connectivity index (χ0v) is 15.6. The van der Waals surface area contributed by atoms with E-state index < -0.39 is 5.97 Å². The van der Waals surface area contributed by atoms with Gasteiger partial charge in [0, 0.05) is 32.5 Å². The topological polar surface area (TPSA) is 87.5 Å². The molecule has 7 nitrogen and oxygen atoms in total. The molecular formula is C20H26N4O3. The van der Waals surface area contributed by atoms with Crippen LogP contribution in [0, 0.1) is 0 Å². The lowest BCUT2D eigenvalue weighted by molar-refractivity contribution is -0.137. The number of hydrogen-bond acceptors (Lipinski definition) is 4. The van der Waals surface area contributed by atoms with E-state index in [-0.39, 0.29) is 18.4 Å². The van der Waals surface area contributed by atoms with E-state index in [1.54, 1.807) is 0 Å². The number of hydrogen-bond donors (Lipinski definition) is 2. The van der Waals surface area contributed by atoms with Crippen LogP contribution in [0.2, 0.25) is 0 Å². The van der Waals surface area contributed by atoms with Crippen LogP contribution in [0.4, 0.5) is 0 Å². The fraction of sp³-hybridized carbons (Fsp3) is 0.450. The quantitative estimate of drug-likeness (QED) is 0.742. The van der Waals surface area contributed by atoms with Gasteiger partial charge in [-0.1, -0.05) is 30.3 Å². The summed E-state index contributed by atoms with van der Waals surface area (Å²) in [6.07, 6.45) is 1.01. The first-order valence-corrected chi connectivity index (χ1v) is 9.35. The third-order valence-electron chi connectivity index (χ3n) is 4.85. The van der Waals surface area contributed by atoms with E-state index in [9.17, 15) is 9.59 Å². The number of amides is 1. The number of aryl methyl sites for hydroxylation is 1. The van der Waals surface area contributed by atoms with Gasteiger partial charge in [0.2, 0.25) is 5.91 Å². The second-order valence-electron chi connectivity index (χ2n) is 6.97. The van der Waals surface area contributed by atoms with Crippen molar-refractivity contribution in [1.82, 2.24) is 20.0 Å². The maximum Gasteiger partial charge on any atom is 0.303 e. The number of aromatic nitrogens is 2. The van der Waals surface area contributed by atoms with Gasteiger partial charge in [-0.15, -0.1) is 0 Å². The minimum absolute atomic E-state index is 0.00159. The van der Waals surface area contributed by atoms with Gasteiger partial charge in [0.25, 0.3) is 0 Å². The monoisotopic (exact) mass is 370 g/mol. The zero-order chi connectivity index (χ0) is 19.2. The molecule has 0 saturated heterocycles. The summed E-state index contributed by atoms with van der Waals surface area (Å²) in [5, 5.41) is 16.3. The number of rotatable bonds is 8. The van der Waals surface area contributed by atoms with Gasteiger partial charge in [-0.3, -0.25) is 19.2 Å². The van der Waals surface area contributed by atoms with E-state index in [4.69, 9.17) is 5.11 Å². The molecule has 0 bridgehead atoms. The van der Waals surface area contributed by atoms with Crippen molar-refractivity contribution in [2.75, 3.05) is 13.1 Å². The molecule has 1 aromatic carbocycles. The Labute approximate surface area is 159 Å². The van der Waals surface area contributed by atoms with Gasteiger partial charge in [-0.25, -0.2) is 0 Å². The summed E-state index contributed by atoms with van der Waals surface area (Å²) in [6, 6.07) is 11.9. The average Bonchev–Trinajstić information content (AvgIpc) is 3.07. The molecule has 27 heavy (non-hydrogen) atoms. The Morgan fingerprint density at radius 3 is 2.74 bits per heavy atom. The summed E-state index contributed by atoms with van der Waals surface area (Å²) in [5.41, 5.74) is 3.00. The van der Waals surface area contributed by atoms with Gasteiger partial charge in [-0.2, -0.15) is 5.10 Å². The normalized spacial score (nSPS) is 15.1. The lowest BCUT2D eigenvalue weighted by Crippen LogP contribution is -2.37. The first-order chi connectivity index (χ1) is 13.0. The molecule has 0 radical (unpaired) electrons. The highest BCUT2D eigenvalue weighted by Gasteiger charge is 2.19. The maximum atomic E-state index is 12.3. The second kappa shape index (κ2) is 8.81. The predicted molar refractivity (Wildman–Crippen MR) is 101 cm³/mol. The van der Waals surface area contributed by atoms with E-state index in [1.807, 2.05) is 48.0 Å². The van der Waals surface area contributed by atoms with Crippen LogP contribution in [0.3, 0.4) is 0 Å². The average molecular weight is 370 g/mol. The third kappa shape index (κ3) is 5.40. The molecular weight excluding hydrogens is 344 g/mol. The van der Waals surface area contributed by atoms with Crippen molar-refractivity contribution in [2.24, 2.45) is 0 Å². The Morgan fingerprint density at radius 2 is 2.00 bits per heavy atom. The number of carbonyl (C=O) groups excluding carboxylic acids is 1. The van der Waals surface area contributed by atoms with Gasteiger partial charge >= 0.3 is 5.97 Å². The Bertz CT molecular complexity index is 788. The number of aliphatic carboxylic acids is 1. The van der Waals surface area contributed by atoms with Crippen LogP contribution in [0.15, 0.2) is 36.4 Å². The summed E-state index contributed by atoms with van der Waals surface area (Å²) in [7, 11) is 0. The molecule has 1 aliphatic heterocycles. The minimum atomic E-state index is -0.807. The lowest BCUT2D eigenvalue weighted by Gasteiger charge is -2.27. The summed E-state index contributed by atoms with van der Waals surface area (Å²) in [5.74, 6) is -0.758. The first-order valence-electron chi connectivity index (χ1n) is 9.35. The van der Waals surface area contributed by atoms with Crippen molar-refractivity contribution in [3.05, 3.63) is 53.3 Å². The SMILES string of the molecule is C[C@H](NC(=O)CCN1CCn2nc(CCC(=O)O)cc2C1)c1ccccc1. The third-order valence-corrected chi connectivity index (χ3v) is 4.85.